The highest BCUT2D eigenvalue weighted by molar-refractivity contribution is 7.98. The Morgan fingerprint density at radius 1 is 1.14 bits per heavy atom. The minimum Gasteiger partial charge on any atom is -0.378 e. The van der Waals surface area contributed by atoms with E-state index in [2.05, 4.69) is 62.7 Å². The first-order valence-corrected chi connectivity index (χ1v) is 10.9. The largest absolute Gasteiger partial charge is 0.378 e. The van der Waals surface area contributed by atoms with Gasteiger partial charge < -0.3 is 14.2 Å². The molecule has 0 bridgehead atoms. The van der Waals surface area contributed by atoms with Crippen LogP contribution in [0.4, 0.5) is 5.95 Å². The number of anilines is 1. The molecule has 1 aliphatic rings. The molecule has 3 heterocycles. The molecule has 1 saturated heterocycles. The Morgan fingerprint density at radius 3 is 2.69 bits per heavy atom. The van der Waals surface area contributed by atoms with Gasteiger partial charge in [0.2, 0.25) is 11.8 Å². The van der Waals surface area contributed by atoms with E-state index in [4.69, 9.17) is 9.26 Å². The van der Waals surface area contributed by atoms with Crippen LogP contribution in [0, 0.1) is 12.8 Å². The SMILES string of the molecule is Cc1ccccc1-n1c(SCc2nc(CC(C)C)no2)nnc1N1CCOCC1. The summed E-state index contributed by atoms with van der Waals surface area (Å²) in [6, 6.07) is 8.28. The zero-order valence-electron chi connectivity index (χ0n) is 17.0. The van der Waals surface area contributed by atoms with E-state index >= 15 is 0 Å². The average Bonchev–Trinajstić information content (AvgIpc) is 3.34. The van der Waals surface area contributed by atoms with E-state index < -0.39 is 0 Å². The monoisotopic (exact) mass is 414 g/mol. The van der Waals surface area contributed by atoms with Crippen molar-refractivity contribution >= 4 is 17.7 Å². The van der Waals surface area contributed by atoms with Gasteiger partial charge in [-0.1, -0.05) is 49.0 Å². The Hall–Kier alpha value is -2.39. The topological polar surface area (TPSA) is 82.1 Å². The van der Waals surface area contributed by atoms with Crippen molar-refractivity contribution in [3.05, 3.63) is 41.5 Å². The molecular formula is C20H26N6O2S. The summed E-state index contributed by atoms with van der Waals surface area (Å²) in [7, 11) is 0. The van der Waals surface area contributed by atoms with E-state index in [1.54, 1.807) is 11.8 Å². The molecule has 0 amide bonds. The highest BCUT2D eigenvalue weighted by Crippen LogP contribution is 2.30. The third kappa shape index (κ3) is 4.62. The summed E-state index contributed by atoms with van der Waals surface area (Å²) in [5.74, 6) is 3.26. The molecule has 8 nitrogen and oxygen atoms in total. The maximum absolute atomic E-state index is 5.50. The van der Waals surface area contributed by atoms with Crippen LogP contribution in [0.25, 0.3) is 5.69 Å². The van der Waals surface area contributed by atoms with Crippen molar-refractivity contribution in [3.63, 3.8) is 0 Å². The van der Waals surface area contributed by atoms with Gasteiger partial charge in [-0.2, -0.15) is 4.98 Å². The van der Waals surface area contributed by atoms with Crippen molar-refractivity contribution in [1.29, 1.82) is 0 Å². The number of aryl methyl sites for hydroxylation is 1. The van der Waals surface area contributed by atoms with Gasteiger partial charge in [0.05, 0.1) is 24.7 Å². The second kappa shape index (κ2) is 8.96. The molecule has 0 radical (unpaired) electrons. The Morgan fingerprint density at radius 2 is 1.93 bits per heavy atom. The summed E-state index contributed by atoms with van der Waals surface area (Å²) in [5, 5.41) is 13.9. The number of para-hydroxylation sites is 1. The van der Waals surface area contributed by atoms with Crippen molar-refractivity contribution in [1.82, 2.24) is 24.9 Å². The Bertz CT molecular complexity index is 948. The molecule has 0 atom stereocenters. The number of hydrogen-bond acceptors (Lipinski definition) is 8. The first-order chi connectivity index (χ1) is 14.1. The van der Waals surface area contributed by atoms with Crippen LogP contribution in [-0.2, 0) is 16.9 Å². The van der Waals surface area contributed by atoms with Crippen molar-refractivity contribution in [2.24, 2.45) is 5.92 Å². The lowest BCUT2D eigenvalue weighted by Gasteiger charge is -2.28. The predicted octanol–water partition coefficient (Wildman–Crippen LogP) is 3.29. The number of hydrogen-bond donors (Lipinski definition) is 0. The number of thioether (sulfide) groups is 1. The standard InChI is InChI=1S/C20H26N6O2S/c1-14(2)12-17-21-18(28-24-17)13-29-20-23-22-19(25-8-10-27-11-9-25)26(20)16-7-5-4-6-15(16)3/h4-7,14H,8-13H2,1-3H3. The number of aromatic nitrogens is 5. The molecule has 154 valence electrons. The van der Waals surface area contributed by atoms with Gasteiger partial charge in [0, 0.05) is 19.5 Å². The summed E-state index contributed by atoms with van der Waals surface area (Å²) in [5.41, 5.74) is 2.24. The molecule has 9 heteroatoms. The van der Waals surface area contributed by atoms with E-state index in [-0.39, 0.29) is 0 Å². The predicted molar refractivity (Wildman–Crippen MR) is 112 cm³/mol. The maximum Gasteiger partial charge on any atom is 0.237 e. The molecule has 0 N–H and O–H groups in total. The molecule has 3 aromatic rings. The first-order valence-electron chi connectivity index (χ1n) is 9.90. The van der Waals surface area contributed by atoms with Crippen molar-refractivity contribution in [3.8, 4) is 5.69 Å². The van der Waals surface area contributed by atoms with Crippen LogP contribution in [0.15, 0.2) is 33.9 Å². The lowest BCUT2D eigenvalue weighted by Crippen LogP contribution is -2.38. The molecule has 0 unspecified atom stereocenters. The normalized spacial score (nSPS) is 14.7. The quantitative estimate of drug-likeness (QED) is 0.545. The fourth-order valence-electron chi connectivity index (χ4n) is 3.27. The van der Waals surface area contributed by atoms with Gasteiger partial charge >= 0.3 is 0 Å². The van der Waals surface area contributed by atoms with E-state index in [9.17, 15) is 0 Å². The van der Waals surface area contributed by atoms with Gasteiger partial charge in [0.25, 0.3) is 0 Å². The van der Waals surface area contributed by atoms with Crippen LogP contribution in [0.2, 0.25) is 0 Å². The molecule has 1 aliphatic heterocycles. The molecule has 0 spiro atoms. The number of morpholine rings is 1. The Kier molecular flexibility index (Phi) is 6.15. The molecule has 4 rings (SSSR count). The van der Waals surface area contributed by atoms with Crippen LogP contribution in [0.5, 0.6) is 0 Å². The molecule has 1 aromatic carbocycles. The number of nitrogens with zero attached hydrogens (tertiary/aromatic N) is 6. The van der Waals surface area contributed by atoms with Gasteiger partial charge in [-0.05, 0) is 24.5 Å². The second-order valence-electron chi connectivity index (χ2n) is 7.49. The maximum atomic E-state index is 5.50. The van der Waals surface area contributed by atoms with Crippen molar-refractivity contribution < 1.29 is 9.26 Å². The van der Waals surface area contributed by atoms with E-state index in [1.165, 1.54) is 5.56 Å². The van der Waals surface area contributed by atoms with E-state index in [0.29, 0.717) is 30.8 Å². The van der Waals surface area contributed by atoms with Gasteiger partial charge in [-0.3, -0.25) is 4.57 Å². The van der Waals surface area contributed by atoms with Crippen LogP contribution < -0.4 is 4.90 Å². The summed E-state index contributed by atoms with van der Waals surface area (Å²) in [6.07, 6.45) is 0.814. The lowest BCUT2D eigenvalue weighted by molar-refractivity contribution is 0.122. The third-order valence-electron chi connectivity index (χ3n) is 4.69. The van der Waals surface area contributed by atoms with Gasteiger partial charge in [-0.15, -0.1) is 10.2 Å². The first kappa shape index (κ1) is 19.9. The number of ether oxygens (including phenoxy) is 1. The number of rotatable bonds is 7. The van der Waals surface area contributed by atoms with E-state index in [1.807, 2.05) is 12.1 Å². The molecular weight excluding hydrogens is 388 g/mol. The van der Waals surface area contributed by atoms with Gasteiger partial charge in [0.15, 0.2) is 11.0 Å². The zero-order valence-corrected chi connectivity index (χ0v) is 17.9. The highest BCUT2D eigenvalue weighted by Gasteiger charge is 2.23. The van der Waals surface area contributed by atoms with Crippen LogP contribution in [0.1, 0.15) is 31.1 Å². The summed E-state index contributed by atoms with van der Waals surface area (Å²) in [4.78, 5) is 6.72. The second-order valence-corrected chi connectivity index (χ2v) is 8.44. The fourth-order valence-corrected chi connectivity index (χ4v) is 4.05. The minimum atomic E-state index is 0.494. The van der Waals surface area contributed by atoms with Crippen molar-refractivity contribution in [2.45, 2.75) is 38.1 Å². The highest BCUT2D eigenvalue weighted by atomic mass is 32.2. The van der Waals surface area contributed by atoms with E-state index in [0.717, 1.165) is 42.1 Å². The van der Waals surface area contributed by atoms with Gasteiger partial charge in [0.1, 0.15) is 0 Å². The molecule has 0 aliphatic carbocycles. The summed E-state index contributed by atoms with van der Waals surface area (Å²) in [6.45, 7) is 9.38. The Labute approximate surface area is 174 Å². The lowest BCUT2D eigenvalue weighted by atomic mass is 10.1. The molecule has 1 fully saturated rings. The van der Waals surface area contributed by atoms with Gasteiger partial charge in [-0.25, -0.2) is 0 Å². The smallest absolute Gasteiger partial charge is 0.237 e. The van der Waals surface area contributed by atoms with Crippen LogP contribution in [0.3, 0.4) is 0 Å². The zero-order chi connectivity index (χ0) is 20.2. The minimum absolute atomic E-state index is 0.494. The molecule has 2 aromatic heterocycles. The van der Waals surface area contributed by atoms with Crippen LogP contribution in [-0.4, -0.2) is 51.2 Å². The Balaban J connectivity index is 1.60. The average molecular weight is 415 g/mol. The summed E-state index contributed by atoms with van der Waals surface area (Å²) < 4.78 is 13.0. The summed E-state index contributed by atoms with van der Waals surface area (Å²) >= 11 is 1.56. The fraction of sp³-hybridized carbons (Fsp3) is 0.500. The van der Waals surface area contributed by atoms with Crippen LogP contribution >= 0.6 is 11.8 Å². The molecule has 0 saturated carbocycles. The molecule has 29 heavy (non-hydrogen) atoms. The third-order valence-corrected chi connectivity index (χ3v) is 5.61. The number of benzene rings is 1. The van der Waals surface area contributed by atoms with Crippen molar-refractivity contribution in [2.75, 3.05) is 31.2 Å².